The van der Waals surface area contributed by atoms with Crippen LogP contribution in [0.15, 0.2) is 48.7 Å². The molecular weight excluding hydrogens is 222 g/mol. The van der Waals surface area contributed by atoms with Crippen LogP contribution >= 0.6 is 0 Å². The molecule has 0 aliphatic heterocycles. The molecule has 18 heavy (non-hydrogen) atoms. The monoisotopic (exact) mass is 241 g/mol. The summed E-state index contributed by atoms with van der Waals surface area (Å²) in [5.41, 5.74) is 9.19. The highest BCUT2D eigenvalue weighted by Crippen LogP contribution is 2.17. The lowest BCUT2D eigenvalue weighted by molar-refractivity contribution is 0.760. The molecule has 0 aliphatic carbocycles. The molecule has 3 heteroatoms. The molecule has 2 rings (SSSR count). The van der Waals surface area contributed by atoms with Gasteiger partial charge in [-0.05, 0) is 36.2 Å². The number of aryl methyl sites for hydroxylation is 1. The highest BCUT2D eigenvalue weighted by molar-refractivity contribution is 5.46. The number of nitrogens with two attached hydrogens (primary N) is 1. The Labute approximate surface area is 108 Å². The largest absolute Gasteiger partial charge is 0.375 e. The lowest BCUT2D eigenvalue weighted by Crippen LogP contribution is -2.21. The van der Waals surface area contributed by atoms with Crippen molar-refractivity contribution in [1.29, 1.82) is 0 Å². The topological polar surface area (TPSA) is 50.9 Å². The normalized spacial score (nSPS) is 12.1. The average molecular weight is 241 g/mol. The third kappa shape index (κ3) is 3.08. The first-order valence-electron chi connectivity index (χ1n) is 6.30. The smallest absolute Gasteiger partial charge is 0.0807 e. The third-order valence-electron chi connectivity index (χ3n) is 2.98. The third-order valence-corrected chi connectivity index (χ3v) is 2.98. The maximum atomic E-state index is 5.81. The quantitative estimate of drug-likeness (QED) is 0.846. The molecule has 1 aromatic heterocycles. The number of hydrogen-bond acceptors (Lipinski definition) is 3. The van der Waals surface area contributed by atoms with E-state index in [1.54, 1.807) is 6.20 Å². The fraction of sp³-hybridized carbons (Fsp3) is 0.267. The number of benzene rings is 1. The standard InChI is InChI=1S/C15H19N3/c1-2-12-6-8-13(9-7-12)18-15(11-16)14-5-3-4-10-17-14/h3-10,15,18H,2,11,16H2,1H3. The van der Waals surface area contributed by atoms with Gasteiger partial charge < -0.3 is 11.1 Å². The molecule has 0 fully saturated rings. The van der Waals surface area contributed by atoms with Gasteiger partial charge >= 0.3 is 0 Å². The van der Waals surface area contributed by atoms with Crippen LogP contribution < -0.4 is 11.1 Å². The highest BCUT2D eigenvalue weighted by atomic mass is 15.0. The van der Waals surface area contributed by atoms with Gasteiger partial charge in [-0.25, -0.2) is 0 Å². The van der Waals surface area contributed by atoms with Crippen LogP contribution in [0.4, 0.5) is 5.69 Å². The SMILES string of the molecule is CCc1ccc(NC(CN)c2ccccn2)cc1. The predicted molar refractivity (Wildman–Crippen MR) is 75.5 cm³/mol. The summed E-state index contributed by atoms with van der Waals surface area (Å²) in [6, 6.07) is 14.4. The Kier molecular flexibility index (Phi) is 4.31. The predicted octanol–water partition coefficient (Wildman–Crippen LogP) is 2.76. The molecule has 3 nitrogen and oxygen atoms in total. The van der Waals surface area contributed by atoms with E-state index in [1.807, 2.05) is 18.2 Å². The van der Waals surface area contributed by atoms with E-state index < -0.39 is 0 Å². The second kappa shape index (κ2) is 6.17. The van der Waals surface area contributed by atoms with Crippen molar-refractivity contribution >= 4 is 5.69 Å². The number of nitrogens with one attached hydrogen (secondary N) is 1. The minimum Gasteiger partial charge on any atom is -0.375 e. The molecular formula is C15H19N3. The maximum absolute atomic E-state index is 5.81. The molecule has 1 atom stereocenters. The number of aromatic nitrogens is 1. The average Bonchev–Trinajstić information content (AvgIpc) is 2.46. The lowest BCUT2D eigenvalue weighted by atomic mass is 10.1. The van der Waals surface area contributed by atoms with Gasteiger partial charge in [0, 0.05) is 18.4 Å². The van der Waals surface area contributed by atoms with E-state index in [-0.39, 0.29) is 6.04 Å². The lowest BCUT2D eigenvalue weighted by Gasteiger charge is -2.17. The molecule has 2 aromatic rings. The Morgan fingerprint density at radius 1 is 1.17 bits per heavy atom. The van der Waals surface area contributed by atoms with E-state index in [1.165, 1.54) is 5.56 Å². The molecule has 1 unspecified atom stereocenters. The first-order chi connectivity index (χ1) is 8.83. The summed E-state index contributed by atoms with van der Waals surface area (Å²) in [5.74, 6) is 0. The number of hydrogen-bond donors (Lipinski definition) is 2. The van der Waals surface area contributed by atoms with Crippen molar-refractivity contribution in [2.75, 3.05) is 11.9 Å². The van der Waals surface area contributed by atoms with E-state index >= 15 is 0 Å². The van der Waals surface area contributed by atoms with Crippen LogP contribution in [-0.4, -0.2) is 11.5 Å². The molecule has 1 heterocycles. The summed E-state index contributed by atoms with van der Waals surface area (Å²) in [5, 5.41) is 3.41. The zero-order chi connectivity index (χ0) is 12.8. The minimum absolute atomic E-state index is 0.0543. The van der Waals surface area contributed by atoms with Gasteiger partial charge in [-0.15, -0.1) is 0 Å². The summed E-state index contributed by atoms with van der Waals surface area (Å²) in [6.07, 6.45) is 2.85. The van der Waals surface area contributed by atoms with E-state index in [4.69, 9.17) is 5.73 Å². The first kappa shape index (κ1) is 12.6. The summed E-state index contributed by atoms with van der Waals surface area (Å²) in [4.78, 5) is 4.34. The van der Waals surface area contributed by atoms with E-state index in [0.29, 0.717) is 6.54 Å². The molecule has 94 valence electrons. The summed E-state index contributed by atoms with van der Waals surface area (Å²) in [7, 11) is 0. The van der Waals surface area contributed by atoms with Crippen LogP contribution in [0.25, 0.3) is 0 Å². The molecule has 0 saturated heterocycles. The van der Waals surface area contributed by atoms with Crippen LogP contribution in [0.3, 0.4) is 0 Å². The van der Waals surface area contributed by atoms with Crippen LogP contribution in [0, 0.1) is 0 Å². The Morgan fingerprint density at radius 3 is 2.50 bits per heavy atom. The van der Waals surface area contributed by atoms with Crippen molar-refractivity contribution in [1.82, 2.24) is 4.98 Å². The van der Waals surface area contributed by atoms with Gasteiger partial charge in [0.25, 0.3) is 0 Å². The zero-order valence-electron chi connectivity index (χ0n) is 10.6. The van der Waals surface area contributed by atoms with Gasteiger partial charge in [-0.3, -0.25) is 4.98 Å². The Bertz CT molecular complexity index is 465. The van der Waals surface area contributed by atoms with Gasteiger partial charge in [0.15, 0.2) is 0 Å². The second-order valence-corrected chi connectivity index (χ2v) is 4.24. The molecule has 0 spiro atoms. The number of pyridine rings is 1. The van der Waals surface area contributed by atoms with Gasteiger partial charge in [-0.2, -0.15) is 0 Å². The molecule has 0 amide bonds. The van der Waals surface area contributed by atoms with Crippen LogP contribution in [-0.2, 0) is 6.42 Å². The van der Waals surface area contributed by atoms with Crippen LogP contribution in [0.1, 0.15) is 24.2 Å². The van der Waals surface area contributed by atoms with Gasteiger partial charge in [-0.1, -0.05) is 25.1 Å². The molecule has 0 saturated carbocycles. The van der Waals surface area contributed by atoms with Crippen molar-refractivity contribution in [3.63, 3.8) is 0 Å². The van der Waals surface area contributed by atoms with Crippen molar-refractivity contribution < 1.29 is 0 Å². The number of anilines is 1. The number of rotatable bonds is 5. The fourth-order valence-electron chi connectivity index (χ4n) is 1.87. The highest BCUT2D eigenvalue weighted by Gasteiger charge is 2.09. The van der Waals surface area contributed by atoms with E-state index in [0.717, 1.165) is 17.8 Å². The fourth-order valence-corrected chi connectivity index (χ4v) is 1.87. The summed E-state index contributed by atoms with van der Waals surface area (Å²) < 4.78 is 0. The summed E-state index contributed by atoms with van der Waals surface area (Å²) >= 11 is 0. The van der Waals surface area contributed by atoms with Gasteiger partial charge in [0.1, 0.15) is 0 Å². The zero-order valence-corrected chi connectivity index (χ0v) is 10.6. The van der Waals surface area contributed by atoms with Crippen LogP contribution in [0.5, 0.6) is 0 Å². The second-order valence-electron chi connectivity index (χ2n) is 4.24. The molecule has 0 bridgehead atoms. The van der Waals surface area contributed by atoms with Crippen molar-refractivity contribution in [3.05, 3.63) is 59.9 Å². The van der Waals surface area contributed by atoms with Crippen molar-refractivity contribution in [2.24, 2.45) is 5.73 Å². The molecule has 1 aromatic carbocycles. The Morgan fingerprint density at radius 2 is 1.94 bits per heavy atom. The molecule has 0 aliphatic rings. The van der Waals surface area contributed by atoms with E-state index in [2.05, 4.69) is 41.5 Å². The van der Waals surface area contributed by atoms with Gasteiger partial charge in [0.05, 0.1) is 11.7 Å². The molecule has 3 N–H and O–H groups in total. The summed E-state index contributed by atoms with van der Waals surface area (Å²) in [6.45, 7) is 2.67. The first-order valence-corrected chi connectivity index (χ1v) is 6.30. The minimum atomic E-state index is 0.0543. The Hall–Kier alpha value is -1.87. The van der Waals surface area contributed by atoms with Crippen LogP contribution in [0.2, 0.25) is 0 Å². The molecule has 0 radical (unpaired) electrons. The van der Waals surface area contributed by atoms with Crippen molar-refractivity contribution in [3.8, 4) is 0 Å². The Balaban J connectivity index is 2.10. The number of nitrogens with zero attached hydrogens (tertiary/aromatic N) is 1. The maximum Gasteiger partial charge on any atom is 0.0807 e. The van der Waals surface area contributed by atoms with Crippen molar-refractivity contribution in [2.45, 2.75) is 19.4 Å². The van der Waals surface area contributed by atoms with Gasteiger partial charge in [0.2, 0.25) is 0 Å². The van der Waals surface area contributed by atoms with E-state index in [9.17, 15) is 0 Å².